The molecule has 0 bridgehead atoms. The number of aliphatic hydroxyl groups excluding tert-OH is 1. The molecule has 2 atom stereocenters. The molecule has 0 aromatic heterocycles. The molecule has 118 valence electrons. The molecule has 1 heterocycles. The van der Waals surface area contributed by atoms with Gasteiger partial charge in [0.2, 0.25) is 10.0 Å². The van der Waals surface area contributed by atoms with Crippen molar-refractivity contribution >= 4 is 33.2 Å². The number of nitrogens with zero attached hydrogens (tertiary/aromatic N) is 1. The van der Waals surface area contributed by atoms with Crippen LogP contribution in [-0.4, -0.2) is 49.4 Å². The molecule has 0 unspecified atom stereocenters. The van der Waals surface area contributed by atoms with Gasteiger partial charge in [0.15, 0.2) is 0 Å². The van der Waals surface area contributed by atoms with Crippen LogP contribution in [0.4, 0.5) is 0 Å². The molecule has 1 aliphatic rings. The Balaban J connectivity index is 2.07. The zero-order chi connectivity index (χ0) is 15.6. The SMILES string of the molecule is CS(=O)(=O)N1CC[C@H](Oc2ccc(Cl)c(Cl)c2)[C@@H](O)CC1. The fraction of sp³-hybridized carbons (Fsp3) is 0.538. The molecule has 1 aromatic carbocycles. The lowest BCUT2D eigenvalue weighted by Crippen LogP contribution is -2.32. The second-order valence-corrected chi connectivity index (χ2v) is 7.84. The van der Waals surface area contributed by atoms with Crippen molar-refractivity contribution < 1.29 is 18.3 Å². The van der Waals surface area contributed by atoms with Gasteiger partial charge in [0.1, 0.15) is 11.9 Å². The monoisotopic (exact) mass is 353 g/mol. The molecule has 1 saturated heterocycles. The summed E-state index contributed by atoms with van der Waals surface area (Å²) in [7, 11) is -3.25. The van der Waals surface area contributed by atoms with Gasteiger partial charge in [0.05, 0.1) is 22.4 Å². The molecule has 0 aliphatic carbocycles. The highest BCUT2D eigenvalue weighted by atomic mass is 35.5. The number of rotatable bonds is 3. The molecular weight excluding hydrogens is 337 g/mol. The number of ether oxygens (including phenoxy) is 1. The first-order valence-electron chi connectivity index (χ1n) is 6.52. The largest absolute Gasteiger partial charge is 0.488 e. The van der Waals surface area contributed by atoms with E-state index in [1.165, 1.54) is 10.6 Å². The highest BCUT2D eigenvalue weighted by Crippen LogP contribution is 2.28. The van der Waals surface area contributed by atoms with E-state index in [1.54, 1.807) is 18.2 Å². The molecule has 0 radical (unpaired) electrons. The van der Waals surface area contributed by atoms with Crippen molar-refractivity contribution in [2.75, 3.05) is 19.3 Å². The maximum Gasteiger partial charge on any atom is 0.211 e. The molecule has 5 nitrogen and oxygen atoms in total. The molecule has 0 amide bonds. The van der Waals surface area contributed by atoms with E-state index < -0.39 is 22.2 Å². The summed E-state index contributed by atoms with van der Waals surface area (Å²) in [5.74, 6) is 0.501. The Morgan fingerprint density at radius 3 is 2.52 bits per heavy atom. The molecule has 1 fully saturated rings. The number of sulfonamides is 1. The minimum atomic E-state index is -3.25. The van der Waals surface area contributed by atoms with Crippen molar-refractivity contribution in [3.05, 3.63) is 28.2 Å². The Bertz CT molecular complexity index is 608. The molecular formula is C13H17Cl2NO4S. The van der Waals surface area contributed by atoms with Crippen molar-refractivity contribution in [1.29, 1.82) is 0 Å². The summed E-state index contributed by atoms with van der Waals surface area (Å²) < 4.78 is 30.2. The van der Waals surface area contributed by atoms with Crippen molar-refractivity contribution in [3.8, 4) is 5.75 Å². The molecule has 1 N–H and O–H groups in total. The summed E-state index contributed by atoms with van der Waals surface area (Å²) in [5.41, 5.74) is 0. The van der Waals surface area contributed by atoms with Crippen molar-refractivity contribution in [1.82, 2.24) is 4.31 Å². The smallest absolute Gasteiger partial charge is 0.211 e. The van der Waals surface area contributed by atoms with E-state index >= 15 is 0 Å². The van der Waals surface area contributed by atoms with Crippen molar-refractivity contribution in [2.45, 2.75) is 25.0 Å². The predicted molar refractivity (Wildman–Crippen MR) is 82.5 cm³/mol. The minimum Gasteiger partial charge on any atom is -0.488 e. The van der Waals surface area contributed by atoms with Crippen LogP contribution in [0.2, 0.25) is 10.0 Å². The van der Waals surface area contributed by atoms with E-state index in [0.717, 1.165) is 0 Å². The van der Waals surface area contributed by atoms with Crippen LogP contribution in [0.25, 0.3) is 0 Å². The summed E-state index contributed by atoms with van der Waals surface area (Å²) in [4.78, 5) is 0. The molecule has 1 aromatic rings. The summed E-state index contributed by atoms with van der Waals surface area (Å²) in [6, 6.07) is 4.86. The number of hydrogen-bond donors (Lipinski definition) is 1. The normalized spacial score (nSPS) is 24.6. The van der Waals surface area contributed by atoms with E-state index in [9.17, 15) is 13.5 Å². The van der Waals surface area contributed by atoms with Gasteiger partial charge in [-0.1, -0.05) is 23.2 Å². The third kappa shape index (κ3) is 4.47. The number of halogens is 2. The van der Waals surface area contributed by atoms with E-state index in [0.29, 0.717) is 41.7 Å². The first-order valence-corrected chi connectivity index (χ1v) is 9.12. The van der Waals surface area contributed by atoms with Gasteiger partial charge < -0.3 is 9.84 Å². The lowest BCUT2D eigenvalue weighted by Gasteiger charge is -2.21. The Kier molecular flexibility index (Phi) is 5.38. The van der Waals surface area contributed by atoms with Gasteiger partial charge in [-0.2, -0.15) is 0 Å². The average molecular weight is 354 g/mol. The topological polar surface area (TPSA) is 66.8 Å². The fourth-order valence-electron chi connectivity index (χ4n) is 2.23. The molecule has 1 aliphatic heterocycles. The Morgan fingerprint density at radius 2 is 1.90 bits per heavy atom. The van der Waals surface area contributed by atoms with Crippen LogP contribution >= 0.6 is 23.2 Å². The van der Waals surface area contributed by atoms with Crippen molar-refractivity contribution in [2.24, 2.45) is 0 Å². The first-order chi connectivity index (χ1) is 9.77. The Hall–Kier alpha value is -0.530. The molecule has 0 saturated carbocycles. The van der Waals surface area contributed by atoms with E-state index in [4.69, 9.17) is 27.9 Å². The van der Waals surface area contributed by atoms with Gasteiger partial charge in [0.25, 0.3) is 0 Å². The number of hydrogen-bond acceptors (Lipinski definition) is 4. The Labute approximate surface area is 134 Å². The molecule has 21 heavy (non-hydrogen) atoms. The van der Waals surface area contributed by atoms with Gasteiger partial charge >= 0.3 is 0 Å². The molecule has 0 spiro atoms. The zero-order valence-corrected chi connectivity index (χ0v) is 13.8. The van der Waals surface area contributed by atoms with Crippen LogP contribution in [0.15, 0.2) is 18.2 Å². The fourth-order valence-corrected chi connectivity index (χ4v) is 3.39. The summed E-state index contributed by atoms with van der Waals surface area (Å²) >= 11 is 11.8. The quantitative estimate of drug-likeness (QED) is 0.903. The standard InChI is InChI=1S/C13H17Cl2NO4S/c1-21(18,19)16-6-4-12(17)13(5-7-16)20-9-2-3-10(14)11(15)8-9/h2-3,8,12-13,17H,4-7H2,1H3/t12-,13-/m0/s1. The lowest BCUT2D eigenvalue weighted by atomic mass is 10.1. The maximum absolute atomic E-state index is 11.6. The van der Waals surface area contributed by atoms with E-state index in [2.05, 4.69) is 0 Å². The van der Waals surface area contributed by atoms with Crippen LogP contribution in [0.5, 0.6) is 5.75 Å². The van der Waals surface area contributed by atoms with Crippen LogP contribution in [0, 0.1) is 0 Å². The Morgan fingerprint density at radius 1 is 1.24 bits per heavy atom. The van der Waals surface area contributed by atoms with Gasteiger partial charge in [-0.25, -0.2) is 12.7 Å². The third-order valence-corrected chi connectivity index (χ3v) is 5.46. The second kappa shape index (κ2) is 6.71. The highest BCUT2D eigenvalue weighted by molar-refractivity contribution is 7.88. The van der Waals surface area contributed by atoms with Crippen LogP contribution in [-0.2, 0) is 10.0 Å². The summed E-state index contributed by atoms with van der Waals surface area (Å²) in [6.07, 6.45) is 0.702. The van der Waals surface area contributed by atoms with Gasteiger partial charge in [-0.3, -0.25) is 0 Å². The van der Waals surface area contributed by atoms with Gasteiger partial charge in [-0.15, -0.1) is 0 Å². The van der Waals surface area contributed by atoms with Crippen molar-refractivity contribution in [3.63, 3.8) is 0 Å². The predicted octanol–water partition coefficient (Wildman–Crippen LogP) is 2.16. The number of aliphatic hydroxyl groups is 1. The van der Waals surface area contributed by atoms with Crippen LogP contribution in [0.1, 0.15) is 12.8 Å². The summed E-state index contributed by atoms with van der Waals surface area (Å²) in [6.45, 7) is 0.614. The summed E-state index contributed by atoms with van der Waals surface area (Å²) in [5, 5.41) is 10.9. The van der Waals surface area contributed by atoms with Gasteiger partial charge in [-0.05, 0) is 18.6 Å². The van der Waals surface area contributed by atoms with Crippen LogP contribution in [0.3, 0.4) is 0 Å². The molecule has 2 rings (SSSR count). The maximum atomic E-state index is 11.6. The second-order valence-electron chi connectivity index (χ2n) is 5.04. The van der Waals surface area contributed by atoms with E-state index in [1.807, 2.05) is 0 Å². The average Bonchev–Trinajstić information content (AvgIpc) is 2.57. The third-order valence-electron chi connectivity index (χ3n) is 3.41. The minimum absolute atomic E-state index is 0.293. The number of benzene rings is 1. The van der Waals surface area contributed by atoms with E-state index in [-0.39, 0.29) is 0 Å². The highest BCUT2D eigenvalue weighted by Gasteiger charge is 2.29. The molecule has 8 heteroatoms. The lowest BCUT2D eigenvalue weighted by molar-refractivity contribution is 0.0350. The first kappa shape index (κ1) is 16.8. The zero-order valence-electron chi connectivity index (χ0n) is 11.5. The van der Waals surface area contributed by atoms with Crippen LogP contribution < -0.4 is 4.74 Å². The van der Waals surface area contributed by atoms with Gasteiger partial charge in [0, 0.05) is 25.6 Å².